The third kappa shape index (κ3) is 2.40. The molecule has 1 saturated carbocycles. The highest BCUT2D eigenvalue weighted by atomic mass is 35.5. The van der Waals surface area contributed by atoms with Crippen LogP contribution in [-0.4, -0.2) is 16.7 Å². The Bertz CT molecular complexity index is 506. The lowest BCUT2D eigenvalue weighted by Crippen LogP contribution is -2.15. The molecule has 1 aromatic carbocycles. The molecule has 0 spiro atoms. The molecule has 0 aliphatic heterocycles. The summed E-state index contributed by atoms with van der Waals surface area (Å²) in [6.07, 6.45) is 3.68. The Labute approximate surface area is 110 Å². The van der Waals surface area contributed by atoms with Gasteiger partial charge >= 0.3 is 0 Å². The summed E-state index contributed by atoms with van der Waals surface area (Å²) in [6.45, 7) is 1.05. The van der Waals surface area contributed by atoms with Crippen LogP contribution >= 0.6 is 11.6 Å². The molecule has 0 amide bonds. The predicted molar refractivity (Wildman–Crippen MR) is 66.3 cm³/mol. The van der Waals surface area contributed by atoms with Crippen molar-refractivity contribution in [3.05, 3.63) is 47.1 Å². The highest BCUT2D eigenvalue weighted by Crippen LogP contribution is 2.48. The SMILES string of the molecule is Clc1ccc(C2(COCc3ncno3)CC2)cc1. The number of halogens is 1. The van der Waals surface area contributed by atoms with Crippen LogP contribution in [0.15, 0.2) is 35.1 Å². The third-order valence-electron chi connectivity index (χ3n) is 3.32. The molecule has 1 fully saturated rings. The molecule has 1 aliphatic rings. The first-order valence-electron chi connectivity index (χ1n) is 5.88. The van der Waals surface area contributed by atoms with Gasteiger partial charge in [0.15, 0.2) is 6.33 Å². The van der Waals surface area contributed by atoms with Crippen LogP contribution in [0.5, 0.6) is 0 Å². The van der Waals surface area contributed by atoms with E-state index in [0.29, 0.717) is 19.1 Å². The Kier molecular flexibility index (Phi) is 3.06. The number of benzene rings is 1. The fourth-order valence-electron chi connectivity index (χ4n) is 2.06. The Morgan fingerprint density at radius 3 is 2.67 bits per heavy atom. The van der Waals surface area contributed by atoms with Gasteiger partial charge in [0.25, 0.3) is 5.89 Å². The molecule has 0 saturated heterocycles. The number of aromatic nitrogens is 2. The second-order valence-corrected chi connectivity index (χ2v) is 5.05. The first kappa shape index (κ1) is 11.7. The van der Waals surface area contributed by atoms with Gasteiger partial charge in [-0.15, -0.1) is 0 Å². The Morgan fingerprint density at radius 1 is 1.28 bits per heavy atom. The highest BCUT2D eigenvalue weighted by Gasteiger charge is 2.44. The van der Waals surface area contributed by atoms with E-state index in [4.69, 9.17) is 20.9 Å². The van der Waals surface area contributed by atoms with Crippen molar-refractivity contribution in [2.75, 3.05) is 6.61 Å². The summed E-state index contributed by atoms with van der Waals surface area (Å²) in [6, 6.07) is 8.00. The largest absolute Gasteiger partial charge is 0.371 e. The van der Waals surface area contributed by atoms with Gasteiger partial charge in [-0.05, 0) is 30.5 Å². The van der Waals surface area contributed by atoms with Crippen LogP contribution in [0.2, 0.25) is 5.02 Å². The molecule has 0 radical (unpaired) electrons. The molecule has 1 heterocycles. The zero-order valence-electron chi connectivity index (χ0n) is 9.80. The van der Waals surface area contributed by atoms with E-state index in [1.54, 1.807) is 0 Å². The van der Waals surface area contributed by atoms with Crippen molar-refractivity contribution in [2.24, 2.45) is 0 Å². The number of nitrogens with zero attached hydrogens (tertiary/aromatic N) is 2. The van der Waals surface area contributed by atoms with Crippen LogP contribution in [0.25, 0.3) is 0 Å². The summed E-state index contributed by atoms with van der Waals surface area (Å²) in [5.41, 5.74) is 1.45. The minimum atomic E-state index is 0.157. The summed E-state index contributed by atoms with van der Waals surface area (Å²) in [5, 5.41) is 4.31. The van der Waals surface area contributed by atoms with Crippen LogP contribution in [0, 0.1) is 0 Å². The topological polar surface area (TPSA) is 48.2 Å². The smallest absolute Gasteiger partial charge is 0.252 e. The summed E-state index contributed by atoms with van der Waals surface area (Å²) >= 11 is 5.90. The maximum Gasteiger partial charge on any atom is 0.252 e. The number of hydrogen-bond donors (Lipinski definition) is 0. The first-order valence-corrected chi connectivity index (χ1v) is 6.26. The standard InChI is InChI=1S/C13H13ClN2O2/c14-11-3-1-10(2-4-11)13(5-6-13)8-17-7-12-15-9-16-18-12/h1-4,9H,5-8H2. The maximum atomic E-state index is 5.90. The van der Waals surface area contributed by atoms with Gasteiger partial charge in [-0.2, -0.15) is 4.98 Å². The normalized spacial score (nSPS) is 16.7. The fraction of sp³-hybridized carbons (Fsp3) is 0.385. The Hall–Kier alpha value is -1.39. The van der Waals surface area contributed by atoms with Crippen molar-refractivity contribution >= 4 is 11.6 Å². The van der Waals surface area contributed by atoms with Crippen LogP contribution in [0.3, 0.4) is 0 Å². The molecule has 3 rings (SSSR count). The molecule has 2 aromatic rings. The lowest BCUT2D eigenvalue weighted by molar-refractivity contribution is 0.0803. The number of rotatable bonds is 5. The van der Waals surface area contributed by atoms with Crippen LogP contribution < -0.4 is 0 Å². The van der Waals surface area contributed by atoms with Gasteiger partial charge in [0.1, 0.15) is 6.61 Å². The summed E-state index contributed by atoms with van der Waals surface area (Å²) in [4.78, 5) is 3.92. The quantitative estimate of drug-likeness (QED) is 0.833. The van der Waals surface area contributed by atoms with Crippen molar-refractivity contribution < 1.29 is 9.26 Å². The van der Waals surface area contributed by atoms with E-state index in [0.717, 1.165) is 17.9 Å². The van der Waals surface area contributed by atoms with Crippen molar-refractivity contribution in [1.82, 2.24) is 10.1 Å². The molecule has 4 nitrogen and oxygen atoms in total. The van der Waals surface area contributed by atoms with Gasteiger partial charge in [-0.25, -0.2) is 0 Å². The van der Waals surface area contributed by atoms with Gasteiger partial charge in [0.2, 0.25) is 0 Å². The lowest BCUT2D eigenvalue weighted by atomic mass is 9.97. The number of ether oxygens (including phenoxy) is 1. The first-order chi connectivity index (χ1) is 8.78. The average molecular weight is 265 g/mol. The van der Waals surface area contributed by atoms with E-state index in [1.165, 1.54) is 11.9 Å². The van der Waals surface area contributed by atoms with Crippen molar-refractivity contribution in [3.63, 3.8) is 0 Å². The van der Waals surface area contributed by atoms with Crippen molar-refractivity contribution in [1.29, 1.82) is 0 Å². The van der Waals surface area contributed by atoms with E-state index in [-0.39, 0.29) is 5.41 Å². The summed E-state index contributed by atoms with van der Waals surface area (Å²) in [7, 11) is 0. The molecule has 18 heavy (non-hydrogen) atoms. The second-order valence-electron chi connectivity index (χ2n) is 4.62. The Morgan fingerprint density at radius 2 is 2.06 bits per heavy atom. The van der Waals surface area contributed by atoms with E-state index in [2.05, 4.69) is 22.3 Å². The zero-order chi connectivity index (χ0) is 12.4. The van der Waals surface area contributed by atoms with Crippen LogP contribution in [0.4, 0.5) is 0 Å². The molecule has 1 aromatic heterocycles. The van der Waals surface area contributed by atoms with E-state index in [1.807, 2.05) is 12.1 Å². The number of hydrogen-bond acceptors (Lipinski definition) is 4. The van der Waals surface area contributed by atoms with Gasteiger partial charge in [-0.1, -0.05) is 28.9 Å². The second kappa shape index (κ2) is 4.71. The van der Waals surface area contributed by atoms with E-state index < -0.39 is 0 Å². The fourth-order valence-corrected chi connectivity index (χ4v) is 2.19. The minimum absolute atomic E-state index is 0.157. The van der Waals surface area contributed by atoms with E-state index >= 15 is 0 Å². The molecule has 5 heteroatoms. The van der Waals surface area contributed by atoms with Gasteiger partial charge in [-0.3, -0.25) is 0 Å². The maximum absolute atomic E-state index is 5.90. The van der Waals surface area contributed by atoms with Gasteiger partial charge < -0.3 is 9.26 Å². The molecule has 1 aliphatic carbocycles. The summed E-state index contributed by atoms with van der Waals surface area (Å²) < 4.78 is 10.5. The van der Waals surface area contributed by atoms with Crippen LogP contribution in [0.1, 0.15) is 24.3 Å². The minimum Gasteiger partial charge on any atom is -0.371 e. The zero-order valence-corrected chi connectivity index (χ0v) is 10.6. The average Bonchev–Trinajstić information content (AvgIpc) is 2.98. The molecule has 0 unspecified atom stereocenters. The lowest BCUT2D eigenvalue weighted by Gasteiger charge is -2.15. The van der Waals surface area contributed by atoms with Crippen LogP contribution in [-0.2, 0) is 16.8 Å². The van der Waals surface area contributed by atoms with E-state index in [9.17, 15) is 0 Å². The van der Waals surface area contributed by atoms with Gasteiger partial charge in [0.05, 0.1) is 6.61 Å². The highest BCUT2D eigenvalue weighted by molar-refractivity contribution is 6.30. The molecule has 94 valence electrons. The van der Waals surface area contributed by atoms with Gasteiger partial charge in [0, 0.05) is 10.4 Å². The molecular weight excluding hydrogens is 252 g/mol. The third-order valence-corrected chi connectivity index (χ3v) is 3.57. The molecule has 0 atom stereocenters. The van der Waals surface area contributed by atoms with Crippen molar-refractivity contribution in [2.45, 2.75) is 24.9 Å². The molecule has 0 N–H and O–H groups in total. The summed E-state index contributed by atoms with van der Waals surface area (Å²) in [5.74, 6) is 0.516. The predicted octanol–water partition coefficient (Wildman–Crippen LogP) is 2.97. The Balaban J connectivity index is 1.60. The van der Waals surface area contributed by atoms with Crippen molar-refractivity contribution in [3.8, 4) is 0 Å². The molecular formula is C13H13ClN2O2. The monoisotopic (exact) mass is 264 g/mol. The molecule has 0 bridgehead atoms.